The van der Waals surface area contributed by atoms with Gasteiger partial charge in [-0.2, -0.15) is 0 Å². The monoisotopic (exact) mass is 687 g/mol. The molecule has 3 amide bonds. The number of aromatic nitrogens is 1. The van der Waals surface area contributed by atoms with E-state index in [0.717, 1.165) is 30.3 Å². The number of nitrogens with two attached hydrogens (primary N) is 1. The van der Waals surface area contributed by atoms with Crippen molar-refractivity contribution in [2.75, 3.05) is 24.1 Å². The zero-order chi connectivity index (χ0) is 33.9. The van der Waals surface area contributed by atoms with Crippen LogP contribution in [0.1, 0.15) is 95.3 Å². The van der Waals surface area contributed by atoms with E-state index in [1.807, 2.05) is 12.1 Å². The van der Waals surface area contributed by atoms with Gasteiger partial charge in [-0.1, -0.05) is 73.9 Å². The maximum Gasteiger partial charge on any atom is 0.256 e. The van der Waals surface area contributed by atoms with Crippen LogP contribution in [0.3, 0.4) is 0 Å². The van der Waals surface area contributed by atoms with Crippen LogP contribution in [-0.2, 0) is 0 Å². The number of fused-ring (bicyclic) bond motifs is 1. The highest BCUT2D eigenvalue weighted by molar-refractivity contribution is 6.31. The molecular weight excluding hydrogens is 645 g/mol. The lowest BCUT2D eigenvalue weighted by atomic mass is 9.89. The Hall–Kier alpha value is -4.14. The molecule has 8 nitrogen and oxygen atoms in total. The van der Waals surface area contributed by atoms with Crippen LogP contribution in [0, 0.1) is 11.8 Å². The van der Waals surface area contributed by atoms with Gasteiger partial charge in [-0.25, -0.2) is 0 Å². The van der Waals surface area contributed by atoms with Crippen molar-refractivity contribution in [1.82, 2.24) is 15.6 Å². The summed E-state index contributed by atoms with van der Waals surface area (Å²) in [7, 11) is 0. The van der Waals surface area contributed by atoms with Gasteiger partial charge >= 0.3 is 0 Å². The molecule has 1 aromatic heterocycles. The van der Waals surface area contributed by atoms with Crippen LogP contribution in [0.5, 0.6) is 0 Å². The lowest BCUT2D eigenvalue weighted by molar-refractivity contribution is 0.0936. The van der Waals surface area contributed by atoms with E-state index in [4.69, 9.17) is 28.9 Å². The summed E-state index contributed by atoms with van der Waals surface area (Å²) in [6.45, 7) is 1.39. The number of halogens is 2. The molecule has 0 spiro atoms. The lowest BCUT2D eigenvalue weighted by Crippen LogP contribution is -2.31. The van der Waals surface area contributed by atoms with Gasteiger partial charge in [-0.05, 0) is 92.1 Å². The minimum atomic E-state index is -0.294. The van der Waals surface area contributed by atoms with Gasteiger partial charge in [0.25, 0.3) is 17.7 Å². The number of hydrogen-bond donors (Lipinski definition) is 4. The Morgan fingerprint density at radius 2 is 1.25 bits per heavy atom. The number of carbonyl (C=O) groups excluding carboxylic acids is 3. The number of nitrogens with one attached hydrogen (secondary N) is 3. The van der Waals surface area contributed by atoms with Crippen molar-refractivity contribution in [2.45, 2.75) is 64.2 Å². The summed E-state index contributed by atoms with van der Waals surface area (Å²) in [6, 6.07) is 19.0. The summed E-state index contributed by atoms with van der Waals surface area (Å²) < 4.78 is 0. The summed E-state index contributed by atoms with van der Waals surface area (Å²) in [5, 5.41) is 10.6. The number of nitrogen functional groups attached to an aromatic ring is 1. The molecule has 2 aliphatic carbocycles. The highest BCUT2D eigenvalue weighted by atomic mass is 35.5. The van der Waals surface area contributed by atoms with Gasteiger partial charge in [0.15, 0.2) is 0 Å². The smallest absolute Gasteiger partial charge is 0.256 e. The van der Waals surface area contributed by atoms with Gasteiger partial charge in [0.2, 0.25) is 0 Å². The van der Waals surface area contributed by atoms with Crippen LogP contribution in [0.2, 0.25) is 10.0 Å². The van der Waals surface area contributed by atoms with Crippen molar-refractivity contribution in [3.05, 3.63) is 99.7 Å². The third-order valence-electron chi connectivity index (χ3n) is 9.18. The highest BCUT2D eigenvalue weighted by Crippen LogP contribution is 2.26. The van der Waals surface area contributed by atoms with E-state index < -0.39 is 0 Å². The van der Waals surface area contributed by atoms with Crippen LogP contribution in [0.4, 0.5) is 11.4 Å². The molecule has 0 aliphatic heterocycles. The highest BCUT2D eigenvalue weighted by Gasteiger charge is 2.20. The summed E-state index contributed by atoms with van der Waals surface area (Å²) in [5.74, 6) is 0.488. The topological polar surface area (TPSA) is 126 Å². The molecule has 4 aromatic rings. The Balaban J connectivity index is 0.000000214. The number of carbonyl (C=O) groups is 3. The third-order valence-corrected chi connectivity index (χ3v) is 9.65. The van der Waals surface area contributed by atoms with E-state index in [-0.39, 0.29) is 17.7 Å². The van der Waals surface area contributed by atoms with Crippen molar-refractivity contribution >= 4 is 63.2 Å². The Kier molecular flexibility index (Phi) is 12.7. The fraction of sp³-hybridized carbons (Fsp3) is 0.368. The SMILES string of the molecule is Nc1ccc(Cl)cc1C(=O)NCC1CCCCC1.O=C(NCC1CCCCC1)c1cc(Cl)ccc1NC(=O)c1cccc2ncccc12. The van der Waals surface area contributed by atoms with Crippen molar-refractivity contribution < 1.29 is 14.4 Å². The lowest BCUT2D eigenvalue weighted by Gasteiger charge is -2.22. The third kappa shape index (κ3) is 9.70. The largest absolute Gasteiger partial charge is 0.398 e. The first-order valence-electron chi connectivity index (χ1n) is 16.8. The van der Waals surface area contributed by atoms with Crippen molar-refractivity contribution in [2.24, 2.45) is 11.8 Å². The quantitative estimate of drug-likeness (QED) is 0.138. The number of benzene rings is 3. The van der Waals surface area contributed by atoms with Crippen LogP contribution >= 0.6 is 23.2 Å². The summed E-state index contributed by atoms with van der Waals surface area (Å²) in [5.41, 5.74) is 8.77. The van der Waals surface area contributed by atoms with E-state index >= 15 is 0 Å². The maximum atomic E-state index is 13.0. The molecule has 1 heterocycles. The molecule has 2 fully saturated rings. The molecule has 0 bridgehead atoms. The van der Waals surface area contributed by atoms with Gasteiger partial charge in [0.05, 0.1) is 22.3 Å². The van der Waals surface area contributed by atoms with Gasteiger partial charge in [-0.15, -0.1) is 0 Å². The number of amides is 3. The van der Waals surface area contributed by atoms with Crippen molar-refractivity contribution in [3.8, 4) is 0 Å². The van der Waals surface area contributed by atoms with Crippen LogP contribution in [-0.4, -0.2) is 35.8 Å². The van der Waals surface area contributed by atoms with Crippen molar-refractivity contribution in [3.63, 3.8) is 0 Å². The molecule has 3 aromatic carbocycles. The molecule has 2 saturated carbocycles. The first-order chi connectivity index (χ1) is 23.3. The fourth-order valence-electron chi connectivity index (χ4n) is 6.48. The van der Waals surface area contributed by atoms with Gasteiger partial charge in [-0.3, -0.25) is 19.4 Å². The molecular formula is C38H43Cl2N5O3. The van der Waals surface area contributed by atoms with Gasteiger partial charge < -0.3 is 21.7 Å². The number of nitrogens with zero attached hydrogens (tertiary/aromatic N) is 1. The van der Waals surface area contributed by atoms with E-state index in [0.29, 0.717) is 56.5 Å². The predicted octanol–water partition coefficient (Wildman–Crippen LogP) is 8.68. The van der Waals surface area contributed by atoms with Crippen LogP contribution in [0.25, 0.3) is 10.9 Å². The molecule has 0 radical (unpaired) electrons. The van der Waals surface area contributed by atoms with Gasteiger partial charge in [0, 0.05) is 46.0 Å². The molecule has 0 atom stereocenters. The Morgan fingerprint density at radius 3 is 1.90 bits per heavy atom. The van der Waals surface area contributed by atoms with E-state index in [9.17, 15) is 14.4 Å². The standard InChI is InChI=1S/C24H24ClN3O2.C14H19ClN2O/c25-17-11-12-22(20(14-17)23(29)27-15-16-6-2-1-3-7-16)28-24(30)19-8-4-10-21-18(19)9-5-13-26-21;15-11-6-7-13(16)12(8-11)14(18)17-9-10-4-2-1-3-5-10/h4-5,8-14,16H,1-3,6-7,15H2,(H,27,29)(H,28,30);6-8,10H,1-5,9,16H2,(H,17,18). The second-order valence-corrected chi connectivity index (χ2v) is 13.6. The Morgan fingerprint density at radius 1 is 0.667 bits per heavy atom. The molecule has 5 N–H and O–H groups in total. The normalized spacial score (nSPS) is 15.2. The molecule has 0 unspecified atom stereocenters. The van der Waals surface area contributed by atoms with Gasteiger partial charge in [0.1, 0.15) is 0 Å². The molecule has 48 heavy (non-hydrogen) atoms. The molecule has 10 heteroatoms. The summed E-state index contributed by atoms with van der Waals surface area (Å²) in [4.78, 5) is 42.2. The minimum absolute atomic E-state index is 0.124. The van der Waals surface area contributed by atoms with Crippen LogP contribution in [0.15, 0.2) is 72.9 Å². The molecule has 2 aliphatic rings. The van der Waals surface area contributed by atoms with Crippen molar-refractivity contribution in [1.29, 1.82) is 0 Å². The molecule has 6 rings (SSSR count). The summed E-state index contributed by atoms with van der Waals surface area (Å²) in [6.07, 6.45) is 14.0. The maximum absolute atomic E-state index is 13.0. The average molecular weight is 689 g/mol. The molecule has 0 saturated heterocycles. The number of rotatable bonds is 8. The number of pyridine rings is 1. The number of anilines is 2. The summed E-state index contributed by atoms with van der Waals surface area (Å²) >= 11 is 12.0. The Labute approximate surface area is 292 Å². The van der Waals surface area contributed by atoms with Crippen LogP contribution < -0.4 is 21.7 Å². The zero-order valence-electron chi connectivity index (χ0n) is 27.1. The predicted molar refractivity (Wildman–Crippen MR) is 195 cm³/mol. The second kappa shape index (κ2) is 17.3. The zero-order valence-corrected chi connectivity index (χ0v) is 28.6. The molecule has 252 valence electrons. The number of hydrogen-bond acceptors (Lipinski definition) is 5. The second-order valence-electron chi connectivity index (χ2n) is 12.7. The van der Waals surface area contributed by atoms with E-state index in [1.165, 1.54) is 51.4 Å². The van der Waals surface area contributed by atoms with E-state index in [2.05, 4.69) is 20.9 Å². The average Bonchev–Trinajstić information content (AvgIpc) is 3.12. The fourth-order valence-corrected chi connectivity index (χ4v) is 6.82. The minimum Gasteiger partial charge on any atom is -0.398 e. The first kappa shape index (κ1) is 35.2. The first-order valence-corrected chi connectivity index (χ1v) is 17.6. The Bertz CT molecular complexity index is 1730. The van der Waals surface area contributed by atoms with E-state index in [1.54, 1.807) is 60.8 Å².